The van der Waals surface area contributed by atoms with E-state index in [0.29, 0.717) is 17.0 Å². The van der Waals surface area contributed by atoms with Gasteiger partial charge in [-0.1, -0.05) is 49.7 Å². The van der Waals surface area contributed by atoms with Crippen molar-refractivity contribution in [3.63, 3.8) is 0 Å². The Morgan fingerprint density at radius 3 is 2.50 bits per heavy atom. The third-order valence-corrected chi connectivity index (χ3v) is 6.95. The van der Waals surface area contributed by atoms with Gasteiger partial charge in [-0.3, -0.25) is 19.4 Å². The number of aldehydes is 1. The molecule has 0 saturated carbocycles. The Morgan fingerprint density at radius 1 is 1.05 bits per heavy atom. The number of aromatic nitrogens is 1. The number of benzene rings is 2. The topological polar surface area (TPSA) is 137 Å². The van der Waals surface area contributed by atoms with E-state index in [1.54, 1.807) is 41.9 Å². The predicted molar refractivity (Wildman–Crippen MR) is 156 cm³/mol. The minimum Gasteiger partial charge on any atom is -0.478 e. The molecule has 1 unspecified atom stereocenters. The number of carboxylic acid groups (broad SMARTS) is 1. The van der Waals surface area contributed by atoms with Gasteiger partial charge in [0.2, 0.25) is 6.17 Å². The summed E-state index contributed by atoms with van der Waals surface area (Å²) < 4.78 is 0. The Morgan fingerprint density at radius 2 is 1.80 bits per heavy atom. The first kappa shape index (κ1) is 30.4. The smallest absolute Gasteiger partial charge is 0.347 e. The maximum Gasteiger partial charge on any atom is 0.347 e. The molecule has 0 bridgehead atoms. The number of nitrogens with zero attached hydrogens (tertiary/aromatic N) is 1. The van der Waals surface area contributed by atoms with Crippen molar-refractivity contribution in [2.24, 2.45) is 0 Å². The third-order valence-electron chi connectivity index (χ3n) is 5.77. The summed E-state index contributed by atoms with van der Waals surface area (Å²) >= 11 is 7.36. The number of pyridine rings is 1. The predicted octanol–water partition coefficient (Wildman–Crippen LogP) is 4.69. The number of hydrogen-bond acceptors (Lipinski definition) is 7. The summed E-state index contributed by atoms with van der Waals surface area (Å²) in [6.45, 7) is 5.47. The molecule has 40 heavy (non-hydrogen) atoms. The second-order valence-corrected chi connectivity index (χ2v) is 9.61. The molecule has 3 heterocycles. The lowest BCUT2D eigenvalue weighted by molar-refractivity contribution is -0.139. The monoisotopic (exact) mass is 580 g/mol. The summed E-state index contributed by atoms with van der Waals surface area (Å²) in [5, 5.41) is 20.0. The van der Waals surface area contributed by atoms with Crippen molar-refractivity contribution in [1.82, 2.24) is 20.9 Å². The molecule has 1 aliphatic rings. The Hall–Kier alpha value is -4.12. The molecule has 1 atom stereocenters. The molecule has 4 aromatic rings. The molecule has 1 aliphatic heterocycles. The molecule has 0 saturated heterocycles. The second kappa shape index (κ2) is 14.9. The number of hydrogen-bond donors (Lipinski definition) is 4. The fourth-order valence-electron chi connectivity index (χ4n) is 3.88. The fourth-order valence-corrected chi connectivity index (χ4v) is 4.77. The number of rotatable bonds is 6. The highest BCUT2D eigenvalue weighted by atomic mass is 35.5. The zero-order chi connectivity index (χ0) is 29.1. The SMILES string of the molecule is CC.O=C(NC(NC(=O)c1cc2c(cc1Cl)CNCC2)C(=O)O)c1cccs1.O=Cc1ccnc2ccccc12. The van der Waals surface area contributed by atoms with Crippen LogP contribution in [0.4, 0.5) is 0 Å². The van der Waals surface area contributed by atoms with Crippen LogP contribution >= 0.6 is 22.9 Å². The van der Waals surface area contributed by atoms with Gasteiger partial charge in [0, 0.05) is 23.7 Å². The number of carbonyl (C=O) groups is 4. The number of nitrogens with one attached hydrogen (secondary N) is 3. The molecule has 11 heteroatoms. The van der Waals surface area contributed by atoms with Crippen molar-refractivity contribution >= 4 is 57.9 Å². The molecule has 4 N–H and O–H groups in total. The first-order valence-electron chi connectivity index (χ1n) is 12.6. The van der Waals surface area contributed by atoms with Crippen molar-refractivity contribution in [2.45, 2.75) is 33.0 Å². The zero-order valence-corrected chi connectivity index (χ0v) is 23.5. The van der Waals surface area contributed by atoms with Gasteiger partial charge in [-0.25, -0.2) is 4.79 Å². The Bertz CT molecular complexity index is 1490. The van der Waals surface area contributed by atoms with Crippen LogP contribution in [0.3, 0.4) is 0 Å². The van der Waals surface area contributed by atoms with E-state index in [4.69, 9.17) is 11.6 Å². The Labute approximate surface area is 240 Å². The first-order chi connectivity index (χ1) is 19.4. The minimum absolute atomic E-state index is 0.184. The molecule has 5 rings (SSSR count). The molecule has 0 spiro atoms. The standard InChI is InChI=1S/C17H16ClN3O4S.C10H7NO.C2H6/c18-12-7-10-8-19-4-3-9(10)6-11(12)15(22)20-14(17(24)25)21-16(23)13-2-1-5-26-13;12-7-8-5-6-11-10-4-2-1-3-9(8)10;1-2/h1-2,5-7,14,19H,3-4,8H2,(H,20,22)(H,21,23)(H,24,25);1-7H;1-2H3. The molecule has 0 radical (unpaired) electrons. The molecule has 0 aliphatic carbocycles. The van der Waals surface area contributed by atoms with E-state index in [0.717, 1.165) is 41.3 Å². The Kier molecular flexibility index (Phi) is 11.3. The van der Waals surface area contributed by atoms with Crippen LogP contribution in [-0.4, -0.2) is 46.9 Å². The lowest BCUT2D eigenvalue weighted by atomic mass is 9.98. The molecule has 9 nitrogen and oxygen atoms in total. The second-order valence-electron chi connectivity index (χ2n) is 8.26. The van der Waals surface area contributed by atoms with Gasteiger partial charge in [-0.2, -0.15) is 0 Å². The maximum absolute atomic E-state index is 12.5. The van der Waals surface area contributed by atoms with Crippen molar-refractivity contribution in [1.29, 1.82) is 0 Å². The number of carbonyl (C=O) groups excluding carboxylic acids is 3. The third kappa shape index (κ3) is 7.72. The summed E-state index contributed by atoms with van der Waals surface area (Å²) in [5.41, 5.74) is 3.75. The average Bonchev–Trinajstić information content (AvgIpc) is 3.53. The summed E-state index contributed by atoms with van der Waals surface area (Å²) in [5.74, 6) is -2.60. The molecular weight excluding hydrogens is 552 g/mol. The summed E-state index contributed by atoms with van der Waals surface area (Å²) in [7, 11) is 0. The molecular formula is C29H29ClN4O5S. The van der Waals surface area contributed by atoms with Crippen molar-refractivity contribution in [2.75, 3.05) is 6.54 Å². The number of para-hydroxylation sites is 1. The maximum atomic E-state index is 12.5. The van der Waals surface area contributed by atoms with Gasteiger partial charge in [0.1, 0.15) is 0 Å². The number of thiophene rings is 1. The molecule has 2 amide bonds. The van der Waals surface area contributed by atoms with E-state index in [2.05, 4.69) is 20.9 Å². The lowest BCUT2D eigenvalue weighted by Crippen LogP contribution is -2.52. The van der Waals surface area contributed by atoms with Gasteiger partial charge in [-0.15, -0.1) is 11.3 Å². The van der Waals surface area contributed by atoms with Crippen molar-refractivity contribution in [3.05, 3.63) is 98.3 Å². The normalized spacial score (nSPS) is 12.4. The van der Waals surface area contributed by atoms with Crippen molar-refractivity contribution in [3.8, 4) is 0 Å². The van der Waals surface area contributed by atoms with Crippen molar-refractivity contribution < 1.29 is 24.3 Å². The van der Waals surface area contributed by atoms with Crippen LogP contribution in [0.25, 0.3) is 10.9 Å². The van der Waals surface area contributed by atoms with E-state index >= 15 is 0 Å². The van der Waals surface area contributed by atoms with E-state index in [9.17, 15) is 24.3 Å². The number of halogens is 1. The number of fused-ring (bicyclic) bond motifs is 2. The van der Waals surface area contributed by atoms with Gasteiger partial charge >= 0.3 is 5.97 Å². The fraction of sp³-hybridized carbons (Fsp3) is 0.207. The van der Waals surface area contributed by atoms with Gasteiger partial charge in [0.05, 0.1) is 21.0 Å². The summed E-state index contributed by atoms with van der Waals surface area (Å²) in [6, 6.07) is 15.9. The highest BCUT2D eigenvalue weighted by Gasteiger charge is 2.25. The van der Waals surface area contributed by atoms with Gasteiger partial charge in [-0.05, 0) is 59.8 Å². The summed E-state index contributed by atoms with van der Waals surface area (Å²) in [4.78, 5) is 51.1. The zero-order valence-electron chi connectivity index (χ0n) is 21.9. The van der Waals surface area contributed by atoms with Gasteiger partial charge in [0.25, 0.3) is 11.8 Å². The molecule has 2 aromatic heterocycles. The van der Waals surface area contributed by atoms with E-state index < -0.39 is 23.9 Å². The van der Waals surface area contributed by atoms with E-state index in [1.807, 2.05) is 38.1 Å². The van der Waals surface area contributed by atoms with Crippen LogP contribution < -0.4 is 16.0 Å². The van der Waals surface area contributed by atoms with Crippen LogP contribution in [-0.2, 0) is 17.8 Å². The van der Waals surface area contributed by atoms with Crippen LogP contribution in [0.5, 0.6) is 0 Å². The number of carboxylic acids is 1. The van der Waals surface area contributed by atoms with Crippen LogP contribution in [0, 0.1) is 0 Å². The first-order valence-corrected chi connectivity index (χ1v) is 13.8. The van der Waals surface area contributed by atoms with Crippen LogP contribution in [0.2, 0.25) is 5.02 Å². The number of amides is 2. The molecule has 208 valence electrons. The van der Waals surface area contributed by atoms with Gasteiger partial charge in [0.15, 0.2) is 6.29 Å². The highest BCUT2D eigenvalue weighted by Crippen LogP contribution is 2.24. The minimum atomic E-state index is -1.56. The quantitative estimate of drug-likeness (QED) is 0.192. The van der Waals surface area contributed by atoms with Gasteiger partial charge < -0.3 is 21.1 Å². The lowest BCUT2D eigenvalue weighted by Gasteiger charge is -2.20. The van der Waals surface area contributed by atoms with E-state index in [-0.39, 0.29) is 10.6 Å². The largest absolute Gasteiger partial charge is 0.478 e. The molecule has 2 aromatic carbocycles. The number of aliphatic carboxylic acids is 1. The molecule has 0 fully saturated rings. The van der Waals surface area contributed by atoms with Crippen LogP contribution in [0.15, 0.2) is 66.2 Å². The van der Waals surface area contributed by atoms with E-state index in [1.165, 1.54) is 11.3 Å². The Balaban J connectivity index is 0.000000262. The highest BCUT2D eigenvalue weighted by molar-refractivity contribution is 7.12. The summed E-state index contributed by atoms with van der Waals surface area (Å²) in [6.07, 6.45) is 1.69. The van der Waals surface area contributed by atoms with Crippen LogP contribution in [0.1, 0.15) is 55.4 Å². The average molecular weight is 581 g/mol.